The summed E-state index contributed by atoms with van der Waals surface area (Å²) in [6, 6.07) is 0. The van der Waals surface area contributed by atoms with Gasteiger partial charge >= 0.3 is 0 Å². The SMILES string of the molecule is OCC1CCC2(CCCC3(C2)OCCO3)C1. The first-order valence-electron chi connectivity index (χ1n) is 6.65. The fourth-order valence-electron chi connectivity index (χ4n) is 4.09. The molecule has 1 saturated heterocycles. The molecular weight excluding hydrogens is 204 g/mol. The van der Waals surface area contributed by atoms with Crippen LogP contribution in [0.15, 0.2) is 0 Å². The van der Waals surface area contributed by atoms with Crippen LogP contribution in [0, 0.1) is 11.3 Å². The van der Waals surface area contributed by atoms with Crippen LogP contribution >= 0.6 is 0 Å². The van der Waals surface area contributed by atoms with E-state index in [0.717, 1.165) is 26.1 Å². The van der Waals surface area contributed by atoms with Crippen LogP contribution in [-0.4, -0.2) is 30.7 Å². The molecule has 0 radical (unpaired) electrons. The van der Waals surface area contributed by atoms with Crippen molar-refractivity contribution in [1.82, 2.24) is 0 Å². The third-order valence-corrected chi connectivity index (χ3v) is 4.79. The largest absolute Gasteiger partial charge is 0.396 e. The molecule has 2 unspecified atom stereocenters. The highest BCUT2D eigenvalue weighted by Gasteiger charge is 2.50. The third-order valence-electron chi connectivity index (χ3n) is 4.79. The van der Waals surface area contributed by atoms with E-state index in [4.69, 9.17) is 9.47 Å². The summed E-state index contributed by atoms with van der Waals surface area (Å²) in [5.74, 6) is 0.277. The normalized spacial score (nSPS) is 42.2. The van der Waals surface area contributed by atoms with E-state index in [1.165, 1.54) is 32.1 Å². The topological polar surface area (TPSA) is 38.7 Å². The Labute approximate surface area is 97.1 Å². The number of aliphatic hydroxyl groups is 1. The van der Waals surface area contributed by atoms with Crippen molar-refractivity contribution in [2.75, 3.05) is 19.8 Å². The maximum atomic E-state index is 9.27. The Morgan fingerprint density at radius 3 is 2.62 bits per heavy atom. The second-order valence-corrected chi connectivity index (χ2v) is 5.93. The molecule has 0 aromatic rings. The van der Waals surface area contributed by atoms with Gasteiger partial charge in [0.25, 0.3) is 0 Å². The lowest BCUT2D eigenvalue weighted by Gasteiger charge is -2.43. The van der Waals surface area contributed by atoms with Gasteiger partial charge in [-0.2, -0.15) is 0 Å². The Morgan fingerprint density at radius 1 is 1.12 bits per heavy atom. The predicted molar refractivity (Wildman–Crippen MR) is 60.0 cm³/mol. The molecule has 16 heavy (non-hydrogen) atoms. The Balaban J connectivity index is 1.72. The Bertz CT molecular complexity index is 260. The minimum absolute atomic E-state index is 0.247. The van der Waals surface area contributed by atoms with Crippen molar-refractivity contribution in [2.45, 2.75) is 50.7 Å². The predicted octanol–water partition coefficient (Wildman–Crippen LogP) is 2.08. The summed E-state index contributed by atoms with van der Waals surface area (Å²) in [5.41, 5.74) is 0.413. The van der Waals surface area contributed by atoms with Crippen molar-refractivity contribution in [3.05, 3.63) is 0 Å². The van der Waals surface area contributed by atoms with Gasteiger partial charge in [-0.1, -0.05) is 0 Å². The van der Waals surface area contributed by atoms with E-state index in [9.17, 15) is 5.11 Å². The monoisotopic (exact) mass is 226 g/mol. The lowest BCUT2D eigenvalue weighted by Crippen LogP contribution is -2.41. The summed E-state index contributed by atoms with van der Waals surface area (Å²) < 4.78 is 11.7. The van der Waals surface area contributed by atoms with Gasteiger partial charge in [-0.15, -0.1) is 0 Å². The van der Waals surface area contributed by atoms with Crippen LogP contribution < -0.4 is 0 Å². The van der Waals surface area contributed by atoms with Crippen LogP contribution in [0.1, 0.15) is 44.9 Å². The molecule has 3 heteroatoms. The second kappa shape index (κ2) is 3.97. The van der Waals surface area contributed by atoms with Crippen molar-refractivity contribution in [3.8, 4) is 0 Å². The van der Waals surface area contributed by atoms with Gasteiger partial charge < -0.3 is 14.6 Å². The number of aliphatic hydroxyl groups excluding tert-OH is 1. The Kier molecular flexibility index (Phi) is 2.73. The summed E-state index contributed by atoms with van der Waals surface area (Å²) in [5, 5.41) is 9.27. The average Bonchev–Trinajstić information content (AvgIpc) is 2.87. The fourth-order valence-corrected chi connectivity index (χ4v) is 4.09. The van der Waals surface area contributed by atoms with Crippen LogP contribution in [0.3, 0.4) is 0 Å². The van der Waals surface area contributed by atoms with E-state index in [1.54, 1.807) is 0 Å². The fraction of sp³-hybridized carbons (Fsp3) is 1.00. The van der Waals surface area contributed by atoms with E-state index in [0.29, 0.717) is 17.9 Å². The molecule has 0 bridgehead atoms. The van der Waals surface area contributed by atoms with Crippen molar-refractivity contribution in [1.29, 1.82) is 0 Å². The first-order valence-corrected chi connectivity index (χ1v) is 6.65. The summed E-state index contributed by atoms with van der Waals surface area (Å²) in [4.78, 5) is 0. The molecular formula is C13H22O3. The van der Waals surface area contributed by atoms with Gasteiger partial charge in [0.2, 0.25) is 0 Å². The van der Waals surface area contributed by atoms with Crippen molar-refractivity contribution in [2.24, 2.45) is 11.3 Å². The lowest BCUT2D eigenvalue weighted by atomic mass is 9.70. The number of hydrogen-bond acceptors (Lipinski definition) is 3. The van der Waals surface area contributed by atoms with Crippen molar-refractivity contribution in [3.63, 3.8) is 0 Å². The van der Waals surface area contributed by atoms with E-state index in [-0.39, 0.29) is 5.79 Å². The van der Waals surface area contributed by atoms with Gasteiger partial charge in [-0.3, -0.25) is 0 Å². The van der Waals surface area contributed by atoms with Crippen LogP contribution in [0.5, 0.6) is 0 Å². The molecule has 3 fully saturated rings. The number of rotatable bonds is 1. The lowest BCUT2D eigenvalue weighted by molar-refractivity contribution is -0.201. The molecule has 1 heterocycles. The van der Waals surface area contributed by atoms with E-state index in [2.05, 4.69) is 0 Å². The number of hydrogen-bond donors (Lipinski definition) is 1. The van der Waals surface area contributed by atoms with Crippen LogP contribution in [-0.2, 0) is 9.47 Å². The number of ether oxygens (including phenoxy) is 2. The minimum Gasteiger partial charge on any atom is -0.396 e. The van der Waals surface area contributed by atoms with Gasteiger partial charge in [-0.25, -0.2) is 0 Å². The van der Waals surface area contributed by atoms with Crippen LogP contribution in [0.25, 0.3) is 0 Å². The van der Waals surface area contributed by atoms with Gasteiger partial charge in [0.1, 0.15) is 0 Å². The minimum atomic E-state index is -0.247. The summed E-state index contributed by atoms with van der Waals surface area (Å²) >= 11 is 0. The molecule has 2 atom stereocenters. The second-order valence-electron chi connectivity index (χ2n) is 5.93. The highest BCUT2D eigenvalue weighted by Crippen LogP contribution is 2.55. The molecule has 2 saturated carbocycles. The standard InChI is InChI=1S/C13H22O3/c14-9-11-2-5-12(8-11)3-1-4-13(10-12)15-6-7-16-13/h11,14H,1-10H2. The molecule has 2 aliphatic carbocycles. The van der Waals surface area contributed by atoms with Crippen LogP contribution in [0.2, 0.25) is 0 Å². The summed E-state index contributed by atoms with van der Waals surface area (Å²) in [7, 11) is 0. The highest BCUT2D eigenvalue weighted by atomic mass is 16.7. The Morgan fingerprint density at radius 2 is 1.94 bits per heavy atom. The molecule has 1 aliphatic heterocycles. The van der Waals surface area contributed by atoms with Gasteiger partial charge in [0, 0.05) is 19.4 Å². The van der Waals surface area contributed by atoms with Gasteiger partial charge in [0.15, 0.2) is 5.79 Å². The Hall–Kier alpha value is -0.120. The zero-order valence-electron chi connectivity index (χ0n) is 9.91. The third kappa shape index (κ3) is 1.79. The quantitative estimate of drug-likeness (QED) is 0.744. The van der Waals surface area contributed by atoms with Crippen molar-refractivity contribution < 1.29 is 14.6 Å². The molecule has 0 aromatic heterocycles. The first kappa shape index (κ1) is 11.0. The zero-order chi connectivity index (χ0) is 11.1. The maximum Gasteiger partial charge on any atom is 0.169 e. The molecule has 0 aromatic carbocycles. The highest BCUT2D eigenvalue weighted by molar-refractivity contribution is 4.97. The van der Waals surface area contributed by atoms with E-state index >= 15 is 0 Å². The maximum absolute atomic E-state index is 9.27. The first-order chi connectivity index (χ1) is 7.76. The van der Waals surface area contributed by atoms with Crippen molar-refractivity contribution >= 4 is 0 Å². The summed E-state index contributed by atoms with van der Waals surface area (Å²) in [6.45, 7) is 1.88. The molecule has 3 nitrogen and oxygen atoms in total. The molecule has 3 aliphatic rings. The molecule has 3 rings (SSSR count). The molecule has 1 N–H and O–H groups in total. The van der Waals surface area contributed by atoms with Gasteiger partial charge in [-0.05, 0) is 43.4 Å². The molecule has 0 amide bonds. The molecule has 2 spiro atoms. The van der Waals surface area contributed by atoms with E-state index < -0.39 is 0 Å². The molecule has 92 valence electrons. The smallest absolute Gasteiger partial charge is 0.169 e. The summed E-state index contributed by atoms with van der Waals surface area (Å²) in [6.07, 6.45) is 8.28. The average molecular weight is 226 g/mol. The van der Waals surface area contributed by atoms with Crippen LogP contribution in [0.4, 0.5) is 0 Å². The zero-order valence-corrected chi connectivity index (χ0v) is 9.91. The van der Waals surface area contributed by atoms with E-state index in [1.807, 2.05) is 0 Å². The van der Waals surface area contributed by atoms with Gasteiger partial charge in [0.05, 0.1) is 13.2 Å².